The van der Waals surface area contributed by atoms with Gasteiger partial charge >= 0.3 is 0 Å². The van der Waals surface area contributed by atoms with Crippen molar-refractivity contribution in [2.24, 2.45) is 11.0 Å². The Kier molecular flexibility index (Phi) is 5.23. The summed E-state index contributed by atoms with van der Waals surface area (Å²) in [5.41, 5.74) is 7.38. The summed E-state index contributed by atoms with van der Waals surface area (Å²) in [7, 11) is 0. The minimum absolute atomic E-state index is 0.190. The van der Waals surface area contributed by atoms with Crippen molar-refractivity contribution in [2.75, 3.05) is 16.6 Å². The van der Waals surface area contributed by atoms with E-state index in [-0.39, 0.29) is 23.6 Å². The third-order valence-corrected chi connectivity index (χ3v) is 6.39. The van der Waals surface area contributed by atoms with Crippen molar-refractivity contribution in [3.05, 3.63) is 88.9 Å². The van der Waals surface area contributed by atoms with Crippen LogP contribution >= 0.6 is 11.6 Å². The van der Waals surface area contributed by atoms with Gasteiger partial charge in [0.1, 0.15) is 11.5 Å². The smallest absolute Gasteiger partial charge is 0.286 e. The van der Waals surface area contributed by atoms with Gasteiger partial charge in [0, 0.05) is 12.5 Å². The summed E-state index contributed by atoms with van der Waals surface area (Å²) in [5.74, 6) is -0.239. The SMILES string of the molecule is C[C@@H]1C(C(=O)NN2CCc3ccccc32)=NN(c2ccccc2Cl)[C@@H]1c1ccc(O)cc1. The highest BCUT2D eigenvalue weighted by Crippen LogP contribution is 2.42. The molecule has 1 amide bonds. The molecule has 0 saturated heterocycles. The van der Waals surface area contributed by atoms with Crippen LogP contribution in [-0.2, 0) is 11.2 Å². The molecule has 7 heteroatoms. The number of hydrogen-bond donors (Lipinski definition) is 2. The number of rotatable bonds is 4. The number of para-hydroxylation sites is 2. The predicted octanol–water partition coefficient (Wildman–Crippen LogP) is 4.69. The number of anilines is 2. The van der Waals surface area contributed by atoms with Gasteiger partial charge in [0.25, 0.3) is 5.91 Å². The predicted molar refractivity (Wildman–Crippen MR) is 127 cm³/mol. The van der Waals surface area contributed by atoms with Gasteiger partial charge in [-0.1, -0.05) is 61.0 Å². The molecule has 0 aliphatic carbocycles. The van der Waals surface area contributed by atoms with Gasteiger partial charge in [-0.25, -0.2) is 0 Å². The zero-order valence-electron chi connectivity index (χ0n) is 17.6. The monoisotopic (exact) mass is 446 g/mol. The van der Waals surface area contributed by atoms with E-state index in [0.29, 0.717) is 10.7 Å². The number of carbonyl (C=O) groups excluding carboxylic acids is 1. The molecule has 2 aliphatic heterocycles. The lowest BCUT2D eigenvalue weighted by atomic mass is 9.91. The standard InChI is InChI=1S/C25H23ClN4O2/c1-16-23(25(32)28-29-15-14-17-6-2-4-8-21(17)29)27-30(22-9-5-3-7-20(22)26)24(16)18-10-12-19(31)13-11-18/h2-13,16,24,31H,14-15H2,1H3,(H,28,32)/t16-,24+/m1/s1. The average molecular weight is 447 g/mol. The Balaban J connectivity index is 1.48. The van der Waals surface area contributed by atoms with Gasteiger partial charge in [0.2, 0.25) is 0 Å². The number of halogens is 1. The normalized spacial score (nSPS) is 19.6. The summed E-state index contributed by atoms with van der Waals surface area (Å²) in [5, 5.41) is 18.7. The summed E-state index contributed by atoms with van der Waals surface area (Å²) in [6.45, 7) is 2.72. The van der Waals surface area contributed by atoms with Gasteiger partial charge < -0.3 is 5.11 Å². The Morgan fingerprint density at radius 2 is 1.72 bits per heavy atom. The highest BCUT2D eigenvalue weighted by atomic mass is 35.5. The molecule has 0 aromatic heterocycles. The molecule has 2 atom stereocenters. The summed E-state index contributed by atoms with van der Waals surface area (Å²) in [6.07, 6.45) is 0.889. The number of nitrogens with zero attached hydrogens (tertiary/aromatic N) is 3. The molecule has 0 fully saturated rings. The first-order valence-corrected chi connectivity index (χ1v) is 11.0. The lowest BCUT2D eigenvalue weighted by Crippen LogP contribution is -2.45. The number of amides is 1. The molecule has 32 heavy (non-hydrogen) atoms. The van der Waals surface area contributed by atoms with E-state index in [1.165, 1.54) is 5.56 Å². The van der Waals surface area contributed by atoms with E-state index in [2.05, 4.69) is 11.5 Å². The first kappa shape index (κ1) is 20.4. The van der Waals surface area contributed by atoms with Crippen LogP contribution in [0.25, 0.3) is 0 Å². The maximum absolute atomic E-state index is 13.3. The van der Waals surface area contributed by atoms with Crippen LogP contribution in [0.2, 0.25) is 5.02 Å². The number of phenolic OH excluding ortho intramolecular Hbond substituents is 1. The number of benzene rings is 3. The van der Waals surface area contributed by atoms with Crippen molar-refractivity contribution in [2.45, 2.75) is 19.4 Å². The third kappa shape index (κ3) is 3.56. The van der Waals surface area contributed by atoms with Crippen LogP contribution in [-0.4, -0.2) is 23.3 Å². The van der Waals surface area contributed by atoms with Crippen molar-refractivity contribution < 1.29 is 9.90 Å². The minimum atomic E-state index is -0.234. The van der Waals surface area contributed by atoms with Gasteiger partial charge in [0.05, 0.1) is 22.4 Å². The molecule has 2 aliphatic rings. The van der Waals surface area contributed by atoms with Crippen molar-refractivity contribution >= 4 is 34.6 Å². The molecule has 3 aromatic rings. The number of fused-ring (bicyclic) bond motifs is 1. The van der Waals surface area contributed by atoms with Crippen LogP contribution < -0.4 is 15.4 Å². The van der Waals surface area contributed by atoms with Gasteiger partial charge in [-0.05, 0) is 47.9 Å². The summed E-state index contributed by atoms with van der Waals surface area (Å²) >= 11 is 6.49. The highest BCUT2D eigenvalue weighted by Gasteiger charge is 2.40. The van der Waals surface area contributed by atoms with Crippen LogP contribution in [0.15, 0.2) is 77.9 Å². The number of carbonyl (C=O) groups is 1. The highest BCUT2D eigenvalue weighted by molar-refractivity contribution is 6.41. The van der Waals surface area contributed by atoms with Gasteiger partial charge in [-0.3, -0.25) is 20.2 Å². The first-order chi connectivity index (χ1) is 15.5. The molecule has 5 rings (SSSR count). The number of hydrazine groups is 1. The van der Waals surface area contributed by atoms with Crippen molar-refractivity contribution in [1.29, 1.82) is 0 Å². The molecule has 2 heterocycles. The van der Waals surface area contributed by atoms with E-state index in [1.54, 1.807) is 12.1 Å². The van der Waals surface area contributed by atoms with E-state index >= 15 is 0 Å². The molecule has 162 valence electrons. The van der Waals surface area contributed by atoms with Crippen molar-refractivity contribution in [3.63, 3.8) is 0 Å². The van der Waals surface area contributed by atoms with Crippen LogP contribution in [0, 0.1) is 5.92 Å². The van der Waals surface area contributed by atoms with Crippen molar-refractivity contribution in [3.8, 4) is 5.75 Å². The fourth-order valence-corrected chi connectivity index (χ4v) is 4.68. The second-order valence-corrected chi connectivity index (χ2v) is 8.48. The second-order valence-electron chi connectivity index (χ2n) is 8.08. The number of nitrogens with one attached hydrogen (secondary N) is 1. The maximum Gasteiger partial charge on any atom is 0.286 e. The lowest BCUT2D eigenvalue weighted by Gasteiger charge is -2.27. The van der Waals surface area contributed by atoms with Crippen molar-refractivity contribution in [1.82, 2.24) is 5.43 Å². The molecule has 0 spiro atoms. The molecular weight excluding hydrogens is 424 g/mol. The summed E-state index contributed by atoms with van der Waals surface area (Å²) < 4.78 is 0. The van der Waals surface area contributed by atoms with E-state index in [1.807, 2.05) is 71.5 Å². The van der Waals surface area contributed by atoms with E-state index in [0.717, 1.165) is 29.9 Å². The molecular formula is C25H23ClN4O2. The van der Waals surface area contributed by atoms with Gasteiger partial charge in [-0.2, -0.15) is 5.10 Å². The number of phenols is 1. The molecule has 0 bridgehead atoms. The Morgan fingerprint density at radius 3 is 2.47 bits per heavy atom. The van der Waals surface area contributed by atoms with E-state index in [9.17, 15) is 9.90 Å². The van der Waals surface area contributed by atoms with E-state index < -0.39 is 0 Å². The number of aromatic hydroxyl groups is 1. The van der Waals surface area contributed by atoms with Gasteiger partial charge in [-0.15, -0.1) is 0 Å². The Morgan fingerprint density at radius 1 is 1.03 bits per heavy atom. The molecule has 3 aromatic carbocycles. The van der Waals surface area contributed by atoms with Gasteiger partial charge in [0.15, 0.2) is 0 Å². The fraction of sp³-hybridized carbons (Fsp3) is 0.200. The van der Waals surface area contributed by atoms with Crippen LogP contribution in [0.4, 0.5) is 11.4 Å². The topological polar surface area (TPSA) is 68.2 Å². The number of hydrazone groups is 1. The Hall–Kier alpha value is -3.51. The zero-order valence-corrected chi connectivity index (χ0v) is 18.3. The molecule has 0 radical (unpaired) electrons. The Bertz CT molecular complexity index is 1190. The second kappa shape index (κ2) is 8.20. The molecule has 2 N–H and O–H groups in total. The van der Waals surface area contributed by atoms with E-state index in [4.69, 9.17) is 16.7 Å². The Labute approximate surface area is 191 Å². The lowest BCUT2D eigenvalue weighted by molar-refractivity contribution is -0.115. The molecule has 0 saturated carbocycles. The summed E-state index contributed by atoms with van der Waals surface area (Å²) in [4.78, 5) is 13.3. The van der Waals surface area contributed by atoms with Crippen LogP contribution in [0.5, 0.6) is 5.75 Å². The van der Waals surface area contributed by atoms with Crippen LogP contribution in [0.3, 0.4) is 0 Å². The fourth-order valence-electron chi connectivity index (χ4n) is 4.46. The summed E-state index contributed by atoms with van der Waals surface area (Å²) in [6, 6.07) is 22.3. The number of hydrogen-bond acceptors (Lipinski definition) is 5. The third-order valence-electron chi connectivity index (χ3n) is 6.07. The zero-order chi connectivity index (χ0) is 22.2. The maximum atomic E-state index is 13.3. The first-order valence-electron chi connectivity index (χ1n) is 10.6. The minimum Gasteiger partial charge on any atom is -0.508 e. The average Bonchev–Trinajstić information content (AvgIpc) is 3.36. The molecule has 6 nitrogen and oxygen atoms in total. The quantitative estimate of drug-likeness (QED) is 0.610. The van der Waals surface area contributed by atoms with Crippen LogP contribution in [0.1, 0.15) is 24.1 Å². The molecule has 0 unspecified atom stereocenters. The largest absolute Gasteiger partial charge is 0.508 e.